The first-order valence-electron chi connectivity index (χ1n) is 9.14. The van der Waals surface area contributed by atoms with Gasteiger partial charge >= 0.3 is 0 Å². The van der Waals surface area contributed by atoms with Gasteiger partial charge in [-0.2, -0.15) is 0 Å². The van der Waals surface area contributed by atoms with Gasteiger partial charge in [-0.05, 0) is 55.8 Å². The number of rotatable bonds is 4. The maximum atomic E-state index is 6.25. The van der Waals surface area contributed by atoms with Crippen molar-refractivity contribution in [2.75, 3.05) is 6.61 Å². The van der Waals surface area contributed by atoms with Crippen molar-refractivity contribution in [3.8, 4) is 0 Å². The number of nitrogens with two attached hydrogens (primary N) is 1. The standard InChI is InChI=1S/C20H41NO2/c1-17(2,3)13-20(8,9)22-12-15-10-18(4,5)14-19(6,7)11-16(21)23-15/h15-16H,10-14,21H2,1-9H3. The van der Waals surface area contributed by atoms with E-state index in [1.807, 2.05) is 0 Å². The van der Waals surface area contributed by atoms with Crippen molar-refractivity contribution in [3.63, 3.8) is 0 Å². The molecule has 3 heteroatoms. The Balaban J connectivity index is 2.68. The fraction of sp³-hybridized carbons (Fsp3) is 1.00. The van der Waals surface area contributed by atoms with Crippen LogP contribution in [0, 0.1) is 16.2 Å². The molecule has 0 aromatic heterocycles. The minimum Gasteiger partial charge on any atom is -0.373 e. The maximum absolute atomic E-state index is 6.25. The average molecular weight is 328 g/mol. The van der Waals surface area contributed by atoms with Crippen LogP contribution in [0.4, 0.5) is 0 Å². The summed E-state index contributed by atoms with van der Waals surface area (Å²) in [5, 5.41) is 0. The van der Waals surface area contributed by atoms with E-state index < -0.39 is 0 Å². The van der Waals surface area contributed by atoms with Gasteiger partial charge in [0.25, 0.3) is 0 Å². The highest BCUT2D eigenvalue weighted by atomic mass is 16.6. The summed E-state index contributed by atoms with van der Waals surface area (Å²) in [5.41, 5.74) is 6.80. The second-order valence-corrected chi connectivity index (χ2v) is 11.0. The van der Waals surface area contributed by atoms with Crippen molar-refractivity contribution < 1.29 is 9.47 Å². The maximum Gasteiger partial charge on any atom is 0.106 e. The Morgan fingerprint density at radius 2 is 1.52 bits per heavy atom. The fourth-order valence-electron chi connectivity index (χ4n) is 4.69. The van der Waals surface area contributed by atoms with Gasteiger partial charge in [-0.3, -0.25) is 0 Å². The first-order chi connectivity index (χ1) is 10.1. The third-order valence-electron chi connectivity index (χ3n) is 4.47. The lowest BCUT2D eigenvalue weighted by atomic mass is 9.70. The van der Waals surface area contributed by atoms with Crippen LogP contribution in [0.5, 0.6) is 0 Å². The summed E-state index contributed by atoms with van der Waals surface area (Å²) in [4.78, 5) is 0. The molecule has 0 spiro atoms. The Morgan fingerprint density at radius 1 is 1.00 bits per heavy atom. The summed E-state index contributed by atoms with van der Waals surface area (Å²) in [6.07, 6.45) is 3.97. The molecule has 1 fully saturated rings. The second-order valence-electron chi connectivity index (χ2n) is 11.0. The highest BCUT2D eigenvalue weighted by Crippen LogP contribution is 2.42. The zero-order valence-corrected chi connectivity index (χ0v) is 17.1. The van der Waals surface area contributed by atoms with E-state index in [-0.39, 0.29) is 34.2 Å². The predicted molar refractivity (Wildman–Crippen MR) is 98.4 cm³/mol. The monoisotopic (exact) mass is 327 g/mol. The van der Waals surface area contributed by atoms with E-state index in [1.54, 1.807) is 0 Å². The molecule has 0 radical (unpaired) electrons. The van der Waals surface area contributed by atoms with E-state index in [9.17, 15) is 0 Å². The van der Waals surface area contributed by atoms with E-state index in [4.69, 9.17) is 15.2 Å². The molecule has 2 unspecified atom stereocenters. The molecule has 1 saturated heterocycles. The molecule has 23 heavy (non-hydrogen) atoms. The van der Waals surface area contributed by atoms with Gasteiger partial charge in [0.15, 0.2) is 0 Å². The summed E-state index contributed by atoms with van der Waals surface area (Å²) < 4.78 is 12.4. The molecule has 138 valence electrons. The van der Waals surface area contributed by atoms with Gasteiger partial charge in [0.05, 0.1) is 18.3 Å². The fourth-order valence-corrected chi connectivity index (χ4v) is 4.69. The van der Waals surface area contributed by atoms with Gasteiger partial charge in [-0.15, -0.1) is 0 Å². The van der Waals surface area contributed by atoms with Crippen LogP contribution in [0.3, 0.4) is 0 Å². The van der Waals surface area contributed by atoms with Gasteiger partial charge in [0.2, 0.25) is 0 Å². The highest BCUT2D eigenvalue weighted by Gasteiger charge is 2.37. The van der Waals surface area contributed by atoms with Crippen LogP contribution in [0.15, 0.2) is 0 Å². The van der Waals surface area contributed by atoms with Crippen LogP contribution in [0.2, 0.25) is 0 Å². The smallest absolute Gasteiger partial charge is 0.106 e. The van der Waals surface area contributed by atoms with Crippen LogP contribution >= 0.6 is 0 Å². The highest BCUT2D eigenvalue weighted by molar-refractivity contribution is 4.86. The molecular formula is C20H41NO2. The van der Waals surface area contributed by atoms with Crippen molar-refractivity contribution in [1.29, 1.82) is 0 Å². The Hall–Kier alpha value is -0.120. The molecule has 2 N–H and O–H groups in total. The topological polar surface area (TPSA) is 44.5 Å². The molecule has 0 amide bonds. The molecule has 0 aliphatic carbocycles. The van der Waals surface area contributed by atoms with Gasteiger partial charge in [0.1, 0.15) is 6.23 Å². The van der Waals surface area contributed by atoms with Gasteiger partial charge in [-0.1, -0.05) is 48.5 Å². The second kappa shape index (κ2) is 7.01. The van der Waals surface area contributed by atoms with Crippen LogP contribution < -0.4 is 5.73 Å². The van der Waals surface area contributed by atoms with Crippen LogP contribution in [0.25, 0.3) is 0 Å². The molecule has 0 aromatic carbocycles. The molecule has 3 nitrogen and oxygen atoms in total. The van der Waals surface area contributed by atoms with Crippen LogP contribution in [-0.4, -0.2) is 24.5 Å². The van der Waals surface area contributed by atoms with E-state index in [1.165, 1.54) is 6.42 Å². The molecule has 1 heterocycles. The normalized spacial score (nSPS) is 29.0. The molecule has 1 rings (SSSR count). The number of hydrogen-bond acceptors (Lipinski definition) is 3. The third kappa shape index (κ3) is 8.51. The van der Waals surface area contributed by atoms with Crippen LogP contribution in [-0.2, 0) is 9.47 Å². The minimum atomic E-state index is -0.194. The molecule has 0 bridgehead atoms. The first-order valence-corrected chi connectivity index (χ1v) is 9.14. The van der Waals surface area contributed by atoms with Gasteiger partial charge < -0.3 is 15.2 Å². The van der Waals surface area contributed by atoms with Gasteiger partial charge in [-0.25, -0.2) is 0 Å². The summed E-state index contributed by atoms with van der Waals surface area (Å²) in [6, 6.07) is 0. The summed E-state index contributed by atoms with van der Waals surface area (Å²) in [5.74, 6) is 0. The number of ether oxygens (including phenoxy) is 2. The molecular weight excluding hydrogens is 286 g/mol. The van der Waals surface area contributed by atoms with E-state index >= 15 is 0 Å². The lowest BCUT2D eigenvalue weighted by molar-refractivity contribution is -0.137. The third-order valence-corrected chi connectivity index (χ3v) is 4.47. The molecule has 0 saturated carbocycles. The predicted octanol–water partition coefficient (Wildman–Crippen LogP) is 5.12. The van der Waals surface area contributed by atoms with Crippen LogP contribution in [0.1, 0.15) is 88.0 Å². The Bertz CT molecular complexity index is 380. The molecule has 1 aliphatic rings. The SMILES string of the molecule is CC(C)(C)CC(C)(C)OCC1CC(C)(C)CC(C)(C)CC(N)O1. The largest absolute Gasteiger partial charge is 0.373 e. The van der Waals surface area contributed by atoms with E-state index in [2.05, 4.69) is 62.3 Å². The van der Waals surface area contributed by atoms with E-state index in [0.29, 0.717) is 6.61 Å². The Kier molecular flexibility index (Phi) is 6.38. The zero-order valence-electron chi connectivity index (χ0n) is 17.1. The van der Waals surface area contributed by atoms with Crippen molar-refractivity contribution in [1.82, 2.24) is 0 Å². The molecule has 1 aliphatic heterocycles. The van der Waals surface area contributed by atoms with Crippen molar-refractivity contribution in [3.05, 3.63) is 0 Å². The van der Waals surface area contributed by atoms with Crippen molar-refractivity contribution >= 4 is 0 Å². The lowest BCUT2D eigenvalue weighted by Gasteiger charge is -2.43. The average Bonchev–Trinajstić information content (AvgIpc) is 2.17. The Labute approximate surface area is 144 Å². The summed E-state index contributed by atoms with van der Waals surface area (Å²) in [7, 11) is 0. The summed E-state index contributed by atoms with van der Waals surface area (Å²) >= 11 is 0. The first kappa shape index (κ1) is 20.9. The van der Waals surface area contributed by atoms with E-state index in [0.717, 1.165) is 19.3 Å². The minimum absolute atomic E-state index is 0.0790. The van der Waals surface area contributed by atoms with Crippen molar-refractivity contribution in [2.45, 2.75) is 106 Å². The molecule has 0 aromatic rings. The van der Waals surface area contributed by atoms with Gasteiger partial charge in [0, 0.05) is 0 Å². The van der Waals surface area contributed by atoms with Crippen molar-refractivity contribution in [2.24, 2.45) is 22.0 Å². The zero-order chi connectivity index (χ0) is 18.1. The lowest BCUT2D eigenvalue weighted by Crippen LogP contribution is -2.44. The molecule has 2 atom stereocenters. The summed E-state index contributed by atoms with van der Waals surface area (Å²) in [6.45, 7) is 21.0. The quantitative estimate of drug-likeness (QED) is 0.779. The Morgan fingerprint density at radius 3 is 2.04 bits per heavy atom. The number of hydrogen-bond donors (Lipinski definition) is 1.